The molecule has 1 aromatic heterocycles. The standard InChI is InChI=1S/C19H19BrF5O3PS/c1-4-12-10-13-15(20)17(19(24,25)29(27-5-2)28-6-3)30-16(13)14(11-12)26-9-7-8-18(21,22)23/h1,10-11H,5-9H2,2-3H3. The second-order valence-electron chi connectivity index (χ2n) is 5.94. The van der Waals surface area contributed by atoms with Crippen LogP contribution in [-0.2, 0) is 14.7 Å². The van der Waals surface area contributed by atoms with E-state index in [1.807, 2.05) is 0 Å². The summed E-state index contributed by atoms with van der Waals surface area (Å²) in [6.45, 7) is 3.07. The Morgan fingerprint density at radius 2 is 1.77 bits per heavy atom. The molecule has 0 fully saturated rings. The molecule has 0 unspecified atom stereocenters. The molecule has 30 heavy (non-hydrogen) atoms. The average molecular weight is 533 g/mol. The van der Waals surface area contributed by atoms with E-state index in [-0.39, 0.29) is 41.3 Å². The van der Waals surface area contributed by atoms with Gasteiger partial charge in [0.2, 0.25) is 0 Å². The first-order valence-electron chi connectivity index (χ1n) is 8.91. The molecule has 2 rings (SSSR count). The number of terminal acetylenes is 1. The van der Waals surface area contributed by atoms with E-state index in [1.54, 1.807) is 19.9 Å². The topological polar surface area (TPSA) is 27.7 Å². The van der Waals surface area contributed by atoms with Gasteiger partial charge in [-0.2, -0.15) is 22.0 Å². The Labute approximate surface area is 184 Å². The summed E-state index contributed by atoms with van der Waals surface area (Å²) < 4.78 is 83.7. The van der Waals surface area contributed by atoms with Crippen LogP contribution in [0.15, 0.2) is 16.6 Å². The van der Waals surface area contributed by atoms with Gasteiger partial charge < -0.3 is 13.8 Å². The highest BCUT2D eigenvalue weighted by molar-refractivity contribution is 9.10. The van der Waals surface area contributed by atoms with Gasteiger partial charge in [-0.1, -0.05) is 5.92 Å². The highest BCUT2D eigenvalue weighted by Gasteiger charge is 2.48. The molecule has 11 heteroatoms. The summed E-state index contributed by atoms with van der Waals surface area (Å²) in [7, 11) is -2.54. The fraction of sp³-hybridized carbons (Fsp3) is 0.474. The number of fused-ring (bicyclic) bond motifs is 1. The lowest BCUT2D eigenvalue weighted by atomic mass is 10.1. The maximum Gasteiger partial charge on any atom is 0.389 e. The highest BCUT2D eigenvalue weighted by Crippen LogP contribution is 2.63. The van der Waals surface area contributed by atoms with Crippen LogP contribution in [0.4, 0.5) is 22.0 Å². The lowest BCUT2D eigenvalue weighted by Crippen LogP contribution is -2.13. The molecule has 0 radical (unpaired) electrons. The third kappa shape index (κ3) is 6.04. The van der Waals surface area contributed by atoms with E-state index >= 15 is 8.78 Å². The van der Waals surface area contributed by atoms with Crippen LogP contribution in [0.25, 0.3) is 10.1 Å². The zero-order valence-electron chi connectivity index (χ0n) is 16.1. The van der Waals surface area contributed by atoms with Crippen LogP contribution in [0, 0.1) is 12.3 Å². The van der Waals surface area contributed by atoms with Gasteiger partial charge in [-0.05, 0) is 48.3 Å². The number of thiophene rings is 1. The maximum absolute atomic E-state index is 15.2. The summed E-state index contributed by atoms with van der Waals surface area (Å²) in [4.78, 5) is -0.320. The van der Waals surface area contributed by atoms with Crippen LogP contribution in [0.3, 0.4) is 0 Å². The minimum atomic E-state index is -4.30. The van der Waals surface area contributed by atoms with Gasteiger partial charge in [0.25, 0.3) is 8.38 Å². The smallest absolute Gasteiger partial charge is 0.389 e. The Bertz CT molecular complexity index is 904. The van der Waals surface area contributed by atoms with Gasteiger partial charge in [0, 0.05) is 21.8 Å². The van der Waals surface area contributed by atoms with Crippen molar-refractivity contribution in [1.82, 2.24) is 0 Å². The molecule has 0 bridgehead atoms. The third-order valence-electron chi connectivity index (χ3n) is 3.72. The largest absolute Gasteiger partial charge is 0.492 e. The lowest BCUT2D eigenvalue weighted by molar-refractivity contribution is -0.136. The summed E-state index contributed by atoms with van der Waals surface area (Å²) in [5.74, 6) is 2.56. The van der Waals surface area contributed by atoms with Crippen LogP contribution in [0.1, 0.15) is 37.1 Å². The molecule has 1 aromatic carbocycles. The van der Waals surface area contributed by atoms with Crippen molar-refractivity contribution >= 4 is 45.7 Å². The quantitative estimate of drug-likeness (QED) is 0.135. The van der Waals surface area contributed by atoms with E-state index < -0.39 is 26.6 Å². The predicted molar refractivity (Wildman–Crippen MR) is 112 cm³/mol. The maximum atomic E-state index is 15.2. The van der Waals surface area contributed by atoms with E-state index in [4.69, 9.17) is 20.2 Å². The lowest BCUT2D eigenvalue weighted by Gasteiger charge is -2.24. The molecular weight excluding hydrogens is 514 g/mol. The monoisotopic (exact) mass is 532 g/mol. The molecule has 0 amide bonds. The highest BCUT2D eigenvalue weighted by atomic mass is 79.9. The molecular formula is C19H19BrF5O3PS. The summed E-state index contributed by atoms with van der Waals surface area (Å²) in [6.07, 6.45) is -0.122. The van der Waals surface area contributed by atoms with E-state index in [0.717, 1.165) is 11.3 Å². The minimum Gasteiger partial charge on any atom is -0.492 e. The Kier molecular flexibility index (Phi) is 8.90. The van der Waals surface area contributed by atoms with Gasteiger partial charge in [-0.15, -0.1) is 17.8 Å². The zero-order chi connectivity index (χ0) is 22.5. The Morgan fingerprint density at radius 1 is 1.13 bits per heavy atom. The van der Waals surface area contributed by atoms with Crippen molar-refractivity contribution in [2.24, 2.45) is 0 Å². The number of alkyl halides is 5. The van der Waals surface area contributed by atoms with Crippen LogP contribution < -0.4 is 4.74 Å². The van der Waals surface area contributed by atoms with Crippen molar-refractivity contribution in [3.63, 3.8) is 0 Å². The van der Waals surface area contributed by atoms with Crippen LogP contribution in [0.2, 0.25) is 0 Å². The third-order valence-corrected chi connectivity index (χ3v) is 7.91. The molecule has 0 spiro atoms. The van der Waals surface area contributed by atoms with Crippen molar-refractivity contribution in [3.8, 4) is 18.1 Å². The van der Waals surface area contributed by atoms with Crippen LogP contribution in [-0.4, -0.2) is 26.0 Å². The zero-order valence-corrected chi connectivity index (χ0v) is 19.4. The molecule has 0 aliphatic rings. The molecule has 3 nitrogen and oxygen atoms in total. The van der Waals surface area contributed by atoms with E-state index in [1.165, 1.54) is 6.07 Å². The molecule has 0 aliphatic carbocycles. The number of rotatable bonds is 10. The van der Waals surface area contributed by atoms with Crippen molar-refractivity contribution in [1.29, 1.82) is 0 Å². The first kappa shape index (κ1) is 25.3. The summed E-state index contributed by atoms with van der Waals surface area (Å²) >= 11 is 3.98. The predicted octanol–water partition coefficient (Wildman–Crippen LogP) is 7.80. The Balaban J connectivity index is 2.44. The van der Waals surface area contributed by atoms with Gasteiger partial charge in [0.1, 0.15) is 5.75 Å². The Hall–Kier alpha value is -0.980. The first-order chi connectivity index (χ1) is 14.0. The molecule has 166 valence electrons. The van der Waals surface area contributed by atoms with Gasteiger partial charge in [0.15, 0.2) is 0 Å². The van der Waals surface area contributed by atoms with Crippen LogP contribution in [0.5, 0.6) is 5.75 Å². The molecule has 0 N–H and O–H groups in total. The fourth-order valence-corrected chi connectivity index (χ4v) is 6.11. The van der Waals surface area contributed by atoms with Crippen molar-refractivity contribution in [2.45, 2.75) is 38.5 Å². The van der Waals surface area contributed by atoms with E-state index in [9.17, 15) is 13.2 Å². The fourth-order valence-electron chi connectivity index (χ4n) is 2.50. The minimum absolute atomic E-state index is 0.0542. The van der Waals surface area contributed by atoms with E-state index in [0.29, 0.717) is 15.6 Å². The SMILES string of the molecule is C#Cc1cc(OCCCC(F)(F)F)c2sc(C(F)(F)P(OCC)OCC)c(Br)c2c1. The normalized spacial score (nSPS) is 12.5. The van der Waals surface area contributed by atoms with E-state index in [2.05, 4.69) is 21.9 Å². The summed E-state index contributed by atoms with van der Waals surface area (Å²) in [6, 6.07) is 3.00. The number of hydrogen-bond donors (Lipinski definition) is 0. The molecule has 0 saturated carbocycles. The number of benzene rings is 1. The average Bonchev–Trinajstić information content (AvgIpc) is 3.01. The number of halogens is 6. The van der Waals surface area contributed by atoms with Crippen molar-refractivity contribution in [2.75, 3.05) is 19.8 Å². The molecule has 0 aliphatic heterocycles. The summed E-state index contributed by atoms with van der Waals surface area (Å²) in [5.41, 5.74) is -3.06. The summed E-state index contributed by atoms with van der Waals surface area (Å²) in [5, 5.41) is 0.388. The number of ether oxygens (including phenoxy) is 1. The molecule has 1 heterocycles. The second kappa shape index (κ2) is 10.6. The second-order valence-corrected chi connectivity index (χ2v) is 9.35. The Morgan fingerprint density at radius 3 is 2.30 bits per heavy atom. The van der Waals surface area contributed by atoms with Gasteiger partial charge in [0.05, 0.1) is 29.4 Å². The van der Waals surface area contributed by atoms with Gasteiger partial charge in [-0.25, -0.2) is 0 Å². The van der Waals surface area contributed by atoms with Crippen molar-refractivity contribution in [3.05, 3.63) is 27.0 Å². The van der Waals surface area contributed by atoms with Crippen LogP contribution >= 0.6 is 35.6 Å². The first-order valence-corrected chi connectivity index (χ1v) is 11.7. The molecule has 0 atom stereocenters. The molecule has 0 saturated heterocycles. The number of hydrogen-bond acceptors (Lipinski definition) is 4. The molecule has 2 aromatic rings. The van der Waals surface area contributed by atoms with Gasteiger partial charge in [-0.3, -0.25) is 0 Å². The van der Waals surface area contributed by atoms with Crippen molar-refractivity contribution < 1.29 is 35.7 Å². The van der Waals surface area contributed by atoms with Gasteiger partial charge >= 0.3 is 11.8 Å².